The van der Waals surface area contributed by atoms with Crippen LogP contribution in [0.2, 0.25) is 10.0 Å². The Kier molecular flexibility index (Phi) is 7.76. The van der Waals surface area contributed by atoms with E-state index in [4.69, 9.17) is 37.4 Å². The molecule has 0 aliphatic carbocycles. The third kappa shape index (κ3) is 6.05. The van der Waals surface area contributed by atoms with Crippen LogP contribution in [0, 0.1) is 0 Å². The van der Waals surface area contributed by atoms with Gasteiger partial charge in [-0.05, 0) is 36.2 Å². The lowest BCUT2D eigenvalue weighted by molar-refractivity contribution is -0.124. The number of hydrogen-bond acceptors (Lipinski definition) is 5. The van der Waals surface area contributed by atoms with Gasteiger partial charge in [-0.25, -0.2) is 4.79 Å². The van der Waals surface area contributed by atoms with Crippen molar-refractivity contribution in [3.05, 3.63) is 57.6 Å². The summed E-state index contributed by atoms with van der Waals surface area (Å²) in [7, 11) is 2.87. The molecule has 0 bridgehead atoms. The van der Waals surface area contributed by atoms with Crippen molar-refractivity contribution in [2.75, 3.05) is 27.4 Å². The topological polar surface area (TPSA) is 73.9 Å². The molecule has 0 aliphatic rings. The van der Waals surface area contributed by atoms with Crippen molar-refractivity contribution in [3.63, 3.8) is 0 Å². The van der Waals surface area contributed by atoms with Crippen LogP contribution < -0.4 is 14.8 Å². The molecule has 0 saturated heterocycles. The second-order valence-corrected chi connectivity index (χ2v) is 6.34. The predicted molar refractivity (Wildman–Crippen MR) is 103 cm³/mol. The molecule has 2 aromatic rings. The summed E-state index contributed by atoms with van der Waals surface area (Å²) in [4.78, 5) is 24.0. The molecule has 2 aromatic carbocycles. The van der Waals surface area contributed by atoms with E-state index in [1.165, 1.54) is 26.4 Å². The van der Waals surface area contributed by atoms with E-state index >= 15 is 0 Å². The SMILES string of the molecule is COc1cc(C(=O)OCC(=O)NCCc2ccc(Cl)cc2)cc(Cl)c1OC. The quantitative estimate of drug-likeness (QED) is 0.672. The first kappa shape index (κ1) is 20.9. The van der Waals surface area contributed by atoms with Crippen LogP contribution >= 0.6 is 23.2 Å². The van der Waals surface area contributed by atoms with Gasteiger partial charge in [0.25, 0.3) is 5.91 Å². The molecular formula is C19H19Cl2NO5. The molecule has 2 rings (SSSR count). The molecule has 0 spiro atoms. The first-order valence-electron chi connectivity index (χ1n) is 8.04. The zero-order chi connectivity index (χ0) is 19.8. The third-order valence-electron chi connectivity index (χ3n) is 3.65. The van der Waals surface area contributed by atoms with Crippen LogP contribution in [0.5, 0.6) is 11.5 Å². The van der Waals surface area contributed by atoms with Crippen LogP contribution in [0.25, 0.3) is 0 Å². The number of ether oxygens (including phenoxy) is 3. The fraction of sp³-hybridized carbons (Fsp3) is 0.263. The van der Waals surface area contributed by atoms with Gasteiger partial charge in [0, 0.05) is 11.6 Å². The van der Waals surface area contributed by atoms with Crippen molar-refractivity contribution >= 4 is 35.1 Å². The number of amides is 1. The summed E-state index contributed by atoms with van der Waals surface area (Å²) in [5.74, 6) is -0.477. The molecule has 6 nitrogen and oxygen atoms in total. The number of benzene rings is 2. The van der Waals surface area contributed by atoms with Gasteiger partial charge in [-0.1, -0.05) is 35.3 Å². The van der Waals surface area contributed by atoms with E-state index in [2.05, 4.69) is 5.32 Å². The van der Waals surface area contributed by atoms with E-state index in [0.29, 0.717) is 29.5 Å². The third-order valence-corrected chi connectivity index (χ3v) is 4.19. The Morgan fingerprint density at radius 2 is 1.74 bits per heavy atom. The number of nitrogens with one attached hydrogen (secondary N) is 1. The predicted octanol–water partition coefficient (Wildman–Crippen LogP) is 3.53. The van der Waals surface area contributed by atoms with Crippen molar-refractivity contribution in [2.45, 2.75) is 6.42 Å². The lowest BCUT2D eigenvalue weighted by atomic mass is 10.1. The average molecular weight is 412 g/mol. The normalized spacial score (nSPS) is 10.2. The average Bonchev–Trinajstić information content (AvgIpc) is 2.66. The fourth-order valence-corrected chi connectivity index (χ4v) is 2.71. The highest BCUT2D eigenvalue weighted by molar-refractivity contribution is 6.32. The van der Waals surface area contributed by atoms with Crippen LogP contribution in [0.1, 0.15) is 15.9 Å². The van der Waals surface area contributed by atoms with Crippen LogP contribution in [0.3, 0.4) is 0 Å². The summed E-state index contributed by atoms with van der Waals surface area (Å²) in [6.07, 6.45) is 0.641. The summed E-state index contributed by atoms with van der Waals surface area (Å²) in [6, 6.07) is 10.2. The minimum atomic E-state index is -0.689. The van der Waals surface area contributed by atoms with Crippen molar-refractivity contribution in [1.82, 2.24) is 5.32 Å². The Balaban J connectivity index is 1.83. The van der Waals surface area contributed by atoms with Gasteiger partial charge in [0.2, 0.25) is 0 Å². The molecule has 144 valence electrons. The number of carbonyl (C=O) groups is 2. The molecule has 27 heavy (non-hydrogen) atoms. The van der Waals surface area contributed by atoms with Crippen LogP contribution in [-0.4, -0.2) is 39.2 Å². The first-order chi connectivity index (χ1) is 12.9. The number of methoxy groups -OCH3 is 2. The maximum atomic E-state index is 12.1. The molecule has 1 N–H and O–H groups in total. The second kappa shape index (κ2) is 10.0. The summed E-state index contributed by atoms with van der Waals surface area (Å²) in [5.41, 5.74) is 1.20. The van der Waals surface area contributed by atoms with Crippen LogP contribution in [0.4, 0.5) is 0 Å². The maximum Gasteiger partial charge on any atom is 0.338 e. The summed E-state index contributed by atoms with van der Waals surface area (Å²) < 4.78 is 15.3. The van der Waals surface area contributed by atoms with E-state index in [9.17, 15) is 9.59 Å². The minimum absolute atomic E-state index is 0.159. The van der Waals surface area contributed by atoms with Crippen molar-refractivity contribution in [2.24, 2.45) is 0 Å². The Morgan fingerprint density at radius 3 is 2.37 bits per heavy atom. The molecular weight excluding hydrogens is 393 g/mol. The Morgan fingerprint density at radius 1 is 1.04 bits per heavy atom. The van der Waals surface area contributed by atoms with Gasteiger partial charge in [-0.15, -0.1) is 0 Å². The van der Waals surface area contributed by atoms with E-state index in [1.54, 1.807) is 12.1 Å². The highest BCUT2D eigenvalue weighted by Crippen LogP contribution is 2.36. The van der Waals surface area contributed by atoms with Gasteiger partial charge in [0.15, 0.2) is 18.1 Å². The van der Waals surface area contributed by atoms with E-state index in [-0.39, 0.29) is 10.6 Å². The molecule has 8 heteroatoms. The van der Waals surface area contributed by atoms with E-state index in [1.807, 2.05) is 12.1 Å². The highest BCUT2D eigenvalue weighted by atomic mass is 35.5. The van der Waals surface area contributed by atoms with E-state index in [0.717, 1.165) is 5.56 Å². The molecule has 0 unspecified atom stereocenters. The van der Waals surface area contributed by atoms with Gasteiger partial charge in [-0.3, -0.25) is 4.79 Å². The van der Waals surface area contributed by atoms with Crippen LogP contribution in [-0.2, 0) is 16.0 Å². The number of carbonyl (C=O) groups excluding carboxylic acids is 2. The molecule has 0 heterocycles. The number of hydrogen-bond donors (Lipinski definition) is 1. The number of rotatable bonds is 8. The maximum absolute atomic E-state index is 12.1. The standard InChI is InChI=1S/C19H19Cl2NO5/c1-25-16-10-13(9-15(21)18(16)26-2)19(24)27-11-17(23)22-8-7-12-3-5-14(20)6-4-12/h3-6,9-10H,7-8,11H2,1-2H3,(H,22,23). The monoisotopic (exact) mass is 411 g/mol. The number of halogens is 2. The Bertz CT molecular complexity index is 808. The fourth-order valence-electron chi connectivity index (χ4n) is 2.30. The van der Waals surface area contributed by atoms with Gasteiger partial charge in [0.05, 0.1) is 24.8 Å². The zero-order valence-corrected chi connectivity index (χ0v) is 16.4. The van der Waals surface area contributed by atoms with Gasteiger partial charge in [-0.2, -0.15) is 0 Å². The zero-order valence-electron chi connectivity index (χ0n) is 14.9. The van der Waals surface area contributed by atoms with Gasteiger partial charge >= 0.3 is 5.97 Å². The van der Waals surface area contributed by atoms with Crippen molar-refractivity contribution < 1.29 is 23.8 Å². The molecule has 0 saturated carbocycles. The lowest BCUT2D eigenvalue weighted by Gasteiger charge is -2.11. The van der Waals surface area contributed by atoms with E-state index < -0.39 is 18.5 Å². The summed E-state index contributed by atoms with van der Waals surface area (Å²) in [6.45, 7) is 0.0195. The second-order valence-electron chi connectivity index (χ2n) is 5.50. The highest BCUT2D eigenvalue weighted by Gasteiger charge is 2.17. The Labute approximate surface area is 167 Å². The van der Waals surface area contributed by atoms with Crippen molar-refractivity contribution in [3.8, 4) is 11.5 Å². The first-order valence-corrected chi connectivity index (χ1v) is 8.80. The Hall–Kier alpha value is -2.44. The smallest absolute Gasteiger partial charge is 0.338 e. The van der Waals surface area contributed by atoms with Gasteiger partial charge < -0.3 is 19.5 Å². The molecule has 0 fully saturated rings. The van der Waals surface area contributed by atoms with Crippen LogP contribution in [0.15, 0.2) is 36.4 Å². The molecule has 0 aromatic heterocycles. The minimum Gasteiger partial charge on any atom is -0.493 e. The molecule has 0 aliphatic heterocycles. The summed E-state index contributed by atoms with van der Waals surface area (Å²) >= 11 is 11.9. The number of esters is 1. The van der Waals surface area contributed by atoms with Crippen molar-refractivity contribution in [1.29, 1.82) is 0 Å². The van der Waals surface area contributed by atoms with Gasteiger partial charge in [0.1, 0.15) is 0 Å². The molecule has 0 atom stereocenters. The largest absolute Gasteiger partial charge is 0.493 e. The summed E-state index contributed by atoms with van der Waals surface area (Å²) in [5, 5.41) is 3.55. The molecule has 1 amide bonds. The molecule has 0 radical (unpaired) electrons. The lowest BCUT2D eigenvalue weighted by Crippen LogP contribution is -2.30.